The van der Waals surface area contributed by atoms with Gasteiger partial charge in [-0.15, -0.1) is 0 Å². The van der Waals surface area contributed by atoms with Crippen molar-refractivity contribution in [3.8, 4) is 0 Å². The van der Waals surface area contributed by atoms with Crippen molar-refractivity contribution in [2.24, 2.45) is 0 Å². The van der Waals surface area contributed by atoms with E-state index in [0.717, 1.165) is 0 Å². The van der Waals surface area contributed by atoms with Crippen LogP contribution < -0.4 is 0 Å². The third-order valence-electron chi connectivity index (χ3n) is 7.70. The fourth-order valence-electron chi connectivity index (χ4n) is 5.43. The van der Waals surface area contributed by atoms with E-state index in [1.807, 2.05) is 0 Å². The molecule has 0 aliphatic carbocycles. The fourth-order valence-corrected chi connectivity index (χ4v) is 13.9. The van der Waals surface area contributed by atoms with Crippen LogP contribution in [-0.2, 0) is 0 Å². The summed E-state index contributed by atoms with van der Waals surface area (Å²) >= 11 is 14.8. The van der Waals surface area contributed by atoms with Crippen LogP contribution in [0.15, 0.2) is 0 Å². The van der Waals surface area contributed by atoms with Crippen LogP contribution in [0.3, 0.4) is 0 Å². The Hall–Kier alpha value is 1.23. The Morgan fingerprint density at radius 3 is 1.03 bits per heavy atom. The standard InChI is InChI=1S/C29H63Cl2PSi/c1-6-9-12-15-18-21-25-32(30,28-24-29-33(4,5)31,26-22-19-16-13-10-7-2)27-23-20-17-14-11-8-3/h6-29H2,1-5H3. The molecule has 0 radical (unpaired) electrons. The van der Waals surface area contributed by atoms with Gasteiger partial charge in [0.05, 0.1) is 0 Å². The normalized spacial score (nSPS) is 13.8. The molecule has 0 fully saturated rings. The molecule has 0 aromatic heterocycles. The molecular weight excluding hydrogens is 478 g/mol. The van der Waals surface area contributed by atoms with Gasteiger partial charge in [0, 0.05) is 0 Å². The van der Waals surface area contributed by atoms with Crippen LogP contribution in [0.2, 0.25) is 19.1 Å². The summed E-state index contributed by atoms with van der Waals surface area (Å²) in [6, 6.07) is 1.24. The third-order valence-corrected chi connectivity index (χ3v) is 17.6. The maximum atomic E-state index is 8.05. The summed E-state index contributed by atoms with van der Waals surface area (Å²) in [6.07, 6.45) is 31.6. The molecule has 4 heteroatoms. The Labute approximate surface area is 221 Å². The average molecular weight is 542 g/mol. The van der Waals surface area contributed by atoms with Gasteiger partial charge in [0.2, 0.25) is 0 Å². The monoisotopic (exact) mass is 540 g/mol. The van der Waals surface area contributed by atoms with Crippen LogP contribution in [0.1, 0.15) is 143 Å². The van der Waals surface area contributed by atoms with E-state index in [1.165, 1.54) is 153 Å². The zero-order valence-corrected chi connectivity index (χ0v) is 27.1. The van der Waals surface area contributed by atoms with Gasteiger partial charge < -0.3 is 0 Å². The summed E-state index contributed by atoms with van der Waals surface area (Å²) < 4.78 is 0. The molecule has 0 rings (SSSR count). The van der Waals surface area contributed by atoms with Crippen molar-refractivity contribution in [1.82, 2.24) is 0 Å². The van der Waals surface area contributed by atoms with E-state index >= 15 is 0 Å². The van der Waals surface area contributed by atoms with Crippen LogP contribution in [0.25, 0.3) is 0 Å². The van der Waals surface area contributed by atoms with Gasteiger partial charge in [-0.2, -0.15) is 0 Å². The topological polar surface area (TPSA) is 0 Å². The molecule has 0 aliphatic rings. The van der Waals surface area contributed by atoms with Gasteiger partial charge in [-0.1, -0.05) is 0 Å². The van der Waals surface area contributed by atoms with Crippen molar-refractivity contribution in [1.29, 1.82) is 0 Å². The molecule has 0 unspecified atom stereocenters. The molecule has 0 spiro atoms. The second-order valence-corrected chi connectivity index (χ2v) is 27.1. The minimum absolute atomic E-state index is 1.24. The van der Waals surface area contributed by atoms with Crippen molar-refractivity contribution in [3.05, 3.63) is 0 Å². The van der Waals surface area contributed by atoms with Gasteiger partial charge in [-0.25, -0.2) is 0 Å². The van der Waals surface area contributed by atoms with E-state index in [0.29, 0.717) is 0 Å². The van der Waals surface area contributed by atoms with E-state index in [9.17, 15) is 0 Å². The molecule has 0 heterocycles. The summed E-state index contributed by atoms with van der Waals surface area (Å²) in [5.41, 5.74) is 0. The first-order valence-electron chi connectivity index (χ1n) is 15.1. The molecule has 0 aromatic carbocycles. The first kappa shape index (κ1) is 34.2. The number of hydrogen-bond donors (Lipinski definition) is 0. The first-order chi connectivity index (χ1) is 15.7. The summed E-state index contributed by atoms with van der Waals surface area (Å²) in [6.45, 7) is 11.6. The Morgan fingerprint density at radius 2 is 0.727 bits per heavy atom. The molecular formula is C29H63Cl2PSi. The van der Waals surface area contributed by atoms with Gasteiger partial charge in [0.25, 0.3) is 0 Å². The van der Waals surface area contributed by atoms with Crippen molar-refractivity contribution >= 4 is 35.7 Å². The molecule has 202 valence electrons. The average Bonchev–Trinajstić information content (AvgIpc) is 2.75. The number of unbranched alkanes of at least 4 members (excludes halogenated alkanes) is 15. The molecule has 0 atom stereocenters. The van der Waals surface area contributed by atoms with Gasteiger partial charge in [-0.3, -0.25) is 0 Å². The van der Waals surface area contributed by atoms with Crippen molar-refractivity contribution in [2.45, 2.75) is 162 Å². The van der Waals surface area contributed by atoms with E-state index in [2.05, 4.69) is 33.9 Å². The molecule has 0 aromatic rings. The minimum atomic E-state index is -2.16. The molecule has 0 nitrogen and oxygen atoms in total. The number of hydrogen-bond acceptors (Lipinski definition) is 0. The van der Waals surface area contributed by atoms with Crippen LogP contribution in [0.4, 0.5) is 0 Å². The molecule has 0 N–H and O–H groups in total. The molecule has 33 heavy (non-hydrogen) atoms. The Morgan fingerprint density at radius 1 is 0.455 bits per heavy atom. The third kappa shape index (κ3) is 20.0. The zero-order valence-electron chi connectivity index (χ0n) is 23.7. The Bertz CT molecular complexity index is 392. The van der Waals surface area contributed by atoms with Crippen molar-refractivity contribution in [2.75, 3.05) is 24.6 Å². The summed E-state index contributed by atoms with van der Waals surface area (Å²) in [5, 5.41) is 0. The van der Waals surface area contributed by atoms with Gasteiger partial charge in [-0.05, 0) is 0 Å². The van der Waals surface area contributed by atoms with Gasteiger partial charge >= 0.3 is 222 Å². The van der Waals surface area contributed by atoms with Gasteiger partial charge in [0.15, 0.2) is 0 Å². The quantitative estimate of drug-likeness (QED) is 0.0466. The van der Waals surface area contributed by atoms with Crippen LogP contribution in [0.5, 0.6) is 0 Å². The molecule has 0 bridgehead atoms. The second-order valence-electron chi connectivity index (χ2n) is 11.8. The van der Waals surface area contributed by atoms with Crippen LogP contribution in [-0.4, -0.2) is 32.0 Å². The second kappa shape index (κ2) is 20.3. The zero-order chi connectivity index (χ0) is 24.9. The summed E-state index contributed by atoms with van der Waals surface area (Å²) in [7, 11) is -1.51. The molecule has 0 amide bonds. The SMILES string of the molecule is CCCCCCCCP(Cl)(CCCCCCCC)(CCCCCCCC)CCC[Si](C)(C)Cl. The predicted octanol–water partition coefficient (Wildman–Crippen LogP) is 12.6. The van der Waals surface area contributed by atoms with E-state index in [-0.39, 0.29) is 0 Å². The van der Waals surface area contributed by atoms with Gasteiger partial charge in [0.1, 0.15) is 0 Å². The molecule has 0 aliphatic heterocycles. The molecule has 0 saturated heterocycles. The van der Waals surface area contributed by atoms with Crippen LogP contribution in [0, 0.1) is 0 Å². The summed E-state index contributed by atoms with van der Waals surface area (Å²) in [5.74, 6) is -2.16. The van der Waals surface area contributed by atoms with E-state index in [1.54, 1.807) is 0 Å². The molecule has 0 saturated carbocycles. The predicted molar refractivity (Wildman–Crippen MR) is 165 cm³/mol. The Kier molecular flexibility index (Phi) is 21.1. The first-order valence-corrected chi connectivity index (χ1v) is 23.2. The van der Waals surface area contributed by atoms with E-state index in [4.69, 9.17) is 22.3 Å². The van der Waals surface area contributed by atoms with Crippen molar-refractivity contribution < 1.29 is 0 Å². The van der Waals surface area contributed by atoms with E-state index < -0.39 is 13.3 Å². The maximum absolute atomic E-state index is 8.05. The Balaban J connectivity index is 5.10. The number of rotatable bonds is 25. The van der Waals surface area contributed by atoms with Crippen LogP contribution >= 0.6 is 28.3 Å². The van der Waals surface area contributed by atoms with Crippen molar-refractivity contribution in [3.63, 3.8) is 0 Å². The fraction of sp³-hybridized carbons (Fsp3) is 1.00. The summed E-state index contributed by atoms with van der Waals surface area (Å²) in [4.78, 5) is 0. The number of halogens is 2.